The molecule has 0 aliphatic heterocycles. The Morgan fingerprint density at radius 1 is 1.64 bits per heavy atom. The maximum absolute atomic E-state index is 11.2. The van der Waals surface area contributed by atoms with Crippen LogP contribution in [0.15, 0.2) is 12.2 Å². The van der Waals surface area contributed by atoms with E-state index < -0.39 is 0 Å². The van der Waals surface area contributed by atoms with Gasteiger partial charge in [-0.15, -0.1) is 11.6 Å². The zero-order valence-electron chi connectivity index (χ0n) is 8.41. The third-order valence-corrected chi connectivity index (χ3v) is 2.72. The largest absolute Gasteiger partial charge is 0.453 e. The molecule has 0 N–H and O–H groups in total. The molecule has 0 heterocycles. The Bertz CT molecular complexity index is 218. The van der Waals surface area contributed by atoms with Gasteiger partial charge in [-0.1, -0.05) is 12.2 Å². The first-order valence-electron chi connectivity index (χ1n) is 4.81. The fraction of sp³-hybridized carbons (Fsp3) is 0.700. The van der Waals surface area contributed by atoms with E-state index in [4.69, 9.17) is 11.6 Å². The zero-order chi connectivity index (χ0) is 10.4. The van der Waals surface area contributed by atoms with Crippen LogP contribution in [0.5, 0.6) is 0 Å². The van der Waals surface area contributed by atoms with E-state index in [0.29, 0.717) is 12.5 Å². The predicted octanol–water partition coefficient (Wildman–Crippen LogP) is 2.61. The number of amides is 1. The van der Waals surface area contributed by atoms with Crippen LogP contribution in [-0.4, -0.2) is 30.7 Å². The van der Waals surface area contributed by atoms with Crippen LogP contribution in [0, 0.1) is 5.92 Å². The van der Waals surface area contributed by atoms with Gasteiger partial charge in [-0.3, -0.25) is 4.90 Å². The van der Waals surface area contributed by atoms with E-state index >= 15 is 0 Å². The standard InChI is InChI=1S/C10H16ClNO2/c1-14-10(13)12(8-11)7-9-5-3-2-4-6-9/h2-3,9H,4-8H2,1H3. The molecule has 1 rings (SSSR count). The summed E-state index contributed by atoms with van der Waals surface area (Å²) >= 11 is 5.67. The number of hydrogen-bond donors (Lipinski definition) is 0. The molecule has 1 aliphatic rings. The Balaban J connectivity index is 2.39. The van der Waals surface area contributed by atoms with Crippen LogP contribution in [0.3, 0.4) is 0 Å². The molecule has 1 unspecified atom stereocenters. The minimum atomic E-state index is -0.338. The van der Waals surface area contributed by atoms with Gasteiger partial charge in [-0.25, -0.2) is 4.79 Å². The number of rotatable bonds is 3. The van der Waals surface area contributed by atoms with Crippen LogP contribution in [0.25, 0.3) is 0 Å². The van der Waals surface area contributed by atoms with Gasteiger partial charge >= 0.3 is 6.09 Å². The number of halogens is 1. The topological polar surface area (TPSA) is 29.5 Å². The van der Waals surface area contributed by atoms with Crippen LogP contribution in [-0.2, 0) is 4.74 Å². The third-order valence-electron chi connectivity index (χ3n) is 2.43. The van der Waals surface area contributed by atoms with Crippen molar-refractivity contribution in [2.45, 2.75) is 19.3 Å². The lowest BCUT2D eigenvalue weighted by atomic mass is 9.94. The van der Waals surface area contributed by atoms with Crippen LogP contribution in [0.4, 0.5) is 4.79 Å². The molecule has 0 fully saturated rings. The van der Waals surface area contributed by atoms with E-state index in [2.05, 4.69) is 16.9 Å². The van der Waals surface area contributed by atoms with Crippen molar-refractivity contribution in [2.24, 2.45) is 5.92 Å². The van der Waals surface area contributed by atoms with Crippen molar-refractivity contribution in [1.29, 1.82) is 0 Å². The Hall–Kier alpha value is -0.700. The second-order valence-electron chi connectivity index (χ2n) is 3.46. The molecule has 14 heavy (non-hydrogen) atoms. The lowest BCUT2D eigenvalue weighted by Crippen LogP contribution is -2.34. The molecular formula is C10H16ClNO2. The monoisotopic (exact) mass is 217 g/mol. The summed E-state index contributed by atoms with van der Waals surface area (Å²) in [4.78, 5) is 12.8. The highest BCUT2D eigenvalue weighted by Crippen LogP contribution is 2.19. The van der Waals surface area contributed by atoms with Crippen LogP contribution < -0.4 is 0 Å². The van der Waals surface area contributed by atoms with E-state index in [0.717, 1.165) is 19.3 Å². The number of carbonyl (C=O) groups excluding carboxylic acids is 1. The van der Waals surface area contributed by atoms with Crippen molar-refractivity contribution in [2.75, 3.05) is 19.7 Å². The van der Waals surface area contributed by atoms with Crippen molar-refractivity contribution in [1.82, 2.24) is 4.90 Å². The molecule has 0 spiro atoms. The van der Waals surface area contributed by atoms with Gasteiger partial charge in [0.15, 0.2) is 0 Å². The second-order valence-corrected chi connectivity index (χ2v) is 3.70. The van der Waals surface area contributed by atoms with Crippen molar-refractivity contribution < 1.29 is 9.53 Å². The second kappa shape index (κ2) is 5.91. The Labute approximate surface area is 89.7 Å². The Kier molecular flexibility index (Phi) is 4.80. The molecule has 0 radical (unpaired) electrons. The van der Waals surface area contributed by atoms with E-state index in [1.54, 1.807) is 0 Å². The van der Waals surface area contributed by atoms with Gasteiger partial charge in [0.2, 0.25) is 0 Å². The first-order valence-corrected chi connectivity index (χ1v) is 5.35. The number of methoxy groups -OCH3 is 1. The Morgan fingerprint density at radius 3 is 2.93 bits per heavy atom. The summed E-state index contributed by atoms with van der Waals surface area (Å²) in [6, 6.07) is 0.201. The molecule has 0 saturated carbocycles. The van der Waals surface area contributed by atoms with Crippen molar-refractivity contribution in [3.63, 3.8) is 0 Å². The summed E-state index contributed by atoms with van der Waals surface area (Å²) in [5, 5.41) is 0. The van der Waals surface area contributed by atoms with E-state index in [1.807, 2.05) is 0 Å². The highest BCUT2D eigenvalue weighted by Gasteiger charge is 2.18. The first-order chi connectivity index (χ1) is 6.77. The molecule has 0 bridgehead atoms. The van der Waals surface area contributed by atoms with E-state index in [-0.39, 0.29) is 12.1 Å². The van der Waals surface area contributed by atoms with Gasteiger partial charge in [0.25, 0.3) is 0 Å². The maximum atomic E-state index is 11.2. The van der Waals surface area contributed by atoms with Gasteiger partial charge in [-0.2, -0.15) is 0 Å². The number of allylic oxidation sites excluding steroid dienone is 2. The summed E-state index contributed by atoms with van der Waals surface area (Å²) in [6.07, 6.45) is 7.26. The first kappa shape index (κ1) is 11.4. The SMILES string of the molecule is COC(=O)N(CCl)CC1CC=CCC1. The highest BCUT2D eigenvalue weighted by atomic mass is 35.5. The molecule has 0 aromatic rings. The van der Waals surface area contributed by atoms with Gasteiger partial charge < -0.3 is 4.74 Å². The van der Waals surface area contributed by atoms with Gasteiger partial charge in [-0.05, 0) is 25.2 Å². The smallest absolute Gasteiger partial charge is 0.410 e. The summed E-state index contributed by atoms with van der Waals surface area (Å²) in [5.74, 6) is 0.526. The van der Waals surface area contributed by atoms with E-state index in [1.165, 1.54) is 12.0 Å². The number of alkyl halides is 1. The van der Waals surface area contributed by atoms with Crippen LogP contribution in [0.2, 0.25) is 0 Å². The molecule has 4 heteroatoms. The number of nitrogens with zero attached hydrogens (tertiary/aromatic N) is 1. The zero-order valence-corrected chi connectivity index (χ0v) is 9.17. The average Bonchev–Trinajstić information content (AvgIpc) is 2.26. The number of carbonyl (C=O) groups is 1. The fourth-order valence-corrected chi connectivity index (χ4v) is 1.83. The molecule has 0 saturated heterocycles. The van der Waals surface area contributed by atoms with Crippen molar-refractivity contribution >= 4 is 17.7 Å². The lowest BCUT2D eigenvalue weighted by molar-refractivity contribution is 0.123. The lowest BCUT2D eigenvalue weighted by Gasteiger charge is -2.25. The van der Waals surface area contributed by atoms with Crippen molar-refractivity contribution in [3.8, 4) is 0 Å². The van der Waals surface area contributed by atoms with E-state index in [9.17, 15) is 4.79 Å². The van der Waals surface area contributed by atoms with Gasteiger partial charge in [0.1, 0.15) is 0 Å². The summed E-state index contributed by atoms with van der Waals surface area (Å²) < 4.78 is 4.63. The minimum Gasteiger partial charge on any atom is -0.453 e. The molecule has 0 aromatic carbocycles. The van der Waals surface area contributed by atoms with Gasteiger partial charge in [0, 0.05) is 6.54 Å². The van der Waals surface area contributed by atoms with Crippen LogP contribution in [0.1, 0.15) is 19.3 Å². The van der Waals surface area contributed by atoms with Crippen LogP contribution >= 0.6 is 11.6 Å². The van der Waals surface area contributed by atoms with Crippen molar-refractivity contribution in [3.05, 3.63) is 12.2 Å². The summed E-state index contributed by atoms with van der Waals surface area (Å²) in [7, 11) is 1.38. The molecule has 0 aromatic heterocycles. The molecule has 1 amide bonds. The predicted molar refractivity (Wildman–Crippen MR) is 56.3 cm³/mol. The Morgan fingerprint density at radius 2 is 2.43 bits per heavy atom. The average molecular weight is 218 g/mol. The quantitative estimate of drug-likeness (QED) is 0.413. The third kappa shape index (κ3) is 3.22. The summed E-state index contributed by atoms with van der Waals surface area (Å²) in [5.41, 5.74) is 0. The minimum absolute atomic E-state index is 0.201. The molecule has 3 nitrogen and oxygen atoms in total. The molecule has 1 aliphatic carbocycles. The maximum Gasteiger partial charge on any atom is 0.410 e. The van der Waals surface area contributed by atoms with Gasteiger partial charge in [0.05, 0.1) is 13.1 Å². The molecule has 80 valence electrons. The number of hydrogen-bond acceptors (Lipinski definition) is 2. The molecule has 1 atom stereocenters. The fourth-order valence-electron chi connectivity index (χ4n) is 1.64. The normalized spacial score (nSPS) is 20.6. The summed E-state index contributed by atoms with van der Waals surface area (Å²) in [6.45, 7) is 0.695. The highest BCUT2D eigenvalue weighted by molar-refractivity contribution is 6.18. The molecular weight excluding hydrogens is 202 g/mol. The number of ether oxygens (including phenoxy) is 1.